The smallest absolute Gasteiger partial charge is 0.250 e. The van der Waals surface area contributed by atoms with Crippen LogP contribution in [0.3, 0.4) is 0 Å². The zero-order chi connectivity index (χ0) is 21.9. The van der Waals surface area contributed by atoms with E-state index in [4.69, 9.17) is 9.47 Å². The van der Waals surface area contributed by atoms with Crippen LogP contribution in [0.15, 0.2) is 58.9 Å². The monoisotopic (exact) mass is 455 g/mol. The molecule has 0 saturated heterocycles. The summed E-state index contributed by atoms with van der Waals surface area (Å²) in [7, 11) is 1.59. The number of benzene rings is 2. The van der Waals surface area contributed by atoms with Gasteiger partial charge < -0.3 is 9.47 Å². The third-order valence-electron chi connectivity index (χ3n) is 4.21. The van der Waals surface area contributed by atoms with Crippen molar-refractivity contribution >= 4 is 40.2 Å². The second-order valence-electron chi connectivity index (χ2n) is 6.58. The van der Waals surface area contributed by atoms with Crippen molar-refractivity contribution in [2.24, 2.45) is 0 Å². The summed E-state index contributed by atoms with van der Waals surface area (Å²) >= 11 is 3.04. The Morgan fingerprint density at radius 3 is 2.77 bits per heavy atom. The summed E-state index contributed by atoms with van der Waals surface area (Å²) in [5.74, 6) is 2.00. The Morgan fingerprint density at radius 1 is 1.16 bits per heavy atom. The van der Waals surface area contributed by atoms with Crippen molar-refractivity contribution in [2.75, 3.05) is 18.2 Å². The lowest BCUT2D eigenvalue weighted by atomic mass is 10.2. The van der Waals surface area contributed by atoms with Crippen LogP contribution in [-0.2, 0) is 11.4 Å². The molecule has 6 nitrogen and oxygen atoms in total. The number of carbonyl (C=O) groups excluding carboxylic acids is 1. The number of rotatable bonds is 11. The van der Waals surface area contributed by atoms with Crippen molar-refractivity contribution in [3.8, 4) is 11.5 Å². The van der Waals surface area contributed by atoms with Gasteiger partial charge in [0.15, 0.2) is 15.8 Å². The lowest BCUT2D eigenvalue weighted by Crippen LogP contribution is -2.07. The van der Waals surface area contributed by atoms with Gasteiger partial charge in [0.2, 0.25) is 11.0 Å². The van der Waals surface area contributed by atoms with Crippen LogP contribution in [0.4, 0.5) is 5.13 Å². The minimum absolute atomic E-state index is 0.260. The maximum absolute atomic E-state index is 12.2. The van der Waals surface area contributed by atoms with Gasteiger partial charge in [-0.15, -0.1) is 10.2 Å². The molecule has 2 aromatic carbocycles. The van der Waals surface area contributed by atoms with Gasteiger partial charge in [-0.25, -0.2) is 0 Å². The van der Waals surface area contributed by atoms with Crippen LogP contribution in [0, 0.1) is 0 Å². The van der Waals surface area contributed by atoms with E-state index in [2.05, 4.69) is 22.4 Å². The number of aromatic nitrogens is 2. The minimum atomic E-state index is -0.260. The summed E-state index contributed by atoms with van der Waals surface area (Å²) in [4.78, 5) is 12.2. The Morgan fingerprint density at radius 2 is 2.00 bits per heavy atom. The van der Waals surface area contributed by atoms with E-state index in [1.54, 1.807) is 24.9 Å². The maximum Gasteiger partial charge on any atom is 0.250 e. The summed E-state index contributed by atoms with van der Waals surface area (Å²) in [6, 6.07) is 15.5. The highest BCUT2D eigenvalue weighted by Gasteiger charge is 2.08. The molecule has 31 heavy (non-hydrogen) atoms. The number of carbonyl (C=O) groups is 1. The van der Waals surface area contributed by atoms with E-state index in [1.165, 1.54) is 17.4 Å². The van der Waals surface area contributed by atoms with Crippen LogP contribution in [0.2, 0.25) is 0 Å². The SMILES string of the molecule is CCCCSc1nnc(NC(=O)/C=C/c2ccc(OCc3ccccc3)c(OC)c2)s1. The van der Waals surface area contributed by atoms with E-state index in [9.17, 15) is 4.79 Å². The van der Waals surface area contributed by atoms with Gasteiger partial charge in [0, 0.05) is 11.8 Å². The molecule has 0 fully saturated rings. The van der Waals surface area contributed by atoms with Crippen molar-refractivity contribution < 1.29 is 14.3 Å². The fraction of sp³-hybridized carbons (Fsp3) is 0.261. The summed E-state index contributed by atoms with van der Waals surface area (Å²) in [5, 5.41) is 11.4. The van der Waals surface area contributed by atoms with Crippen LogP contribution < -0.4 is 14.8 Å². The molecular weight excluding hydrogens is 430 g/mol. The Hall–Kier alpha value is -2.84. The average molecular weight is 456 g/mol. The number of nitrogens with zero attached hydrogens (tertiary/aromatic N) is 2. The highest BCUT2D eigenvalue weighted by molar-refractivity contribution is 8.01. The van der Waals surface area contributed by atoms with Gasteiger partial charge in [-0.3, -0.25) is 10.1 Å². The fourth-order valence-electron chi connectivity index (χ4n) is 2.58. The van der Waals surface area contributed by atoms with Crippen LogP contribution in [0.5, 0.6) is 11.5 Å². The molecule has 0 aliphatic carbocycles. The van der Waals surface area contributed by atoms with E-state index in [1.807, 2.05) is 48.5 Å². The zero-order valence-electron chi connectivity index (χ0n) is 17.5. The molecule has 3 rings (SSSR count). The first-order chi connectivity index (χ1) is 15.2. The van der Waals surface area contributed by atoms with Gasteiger partial charge in [-0.2, -0.15) is 0 Å². The van der Waals surface area contributed by atoms with Crippen LogP contribution >= 0.6 is 23.1 Å². The van der Waals surface area contributed by atoms with Crippen molar-refractivity contribution in [3.63, 3.8) is 0 Å². The van der Waals surface area contributed by atoms with Crippen molar-refractivity contribution in [1.82, 2.24) is 10.2 Å². The van der Waals surface area contributed by atoms with Gasteiger partial charge in [0.1, 0.15) is 6.61 Å². The highest BCUT2D eigenvalue weighted by Crippen LogP contribution is 2.29. The molecular formula is C23H25N3O3S2. The number of amides is 1. The first-order valence-corrected chi connectivity index (χ1v) is 11.8. The lowest BCUT2D eigenvalue weighted by Gasteiger charge is -2.11. The first kappa shape index (κ1) is 22.8. The summed E-state index contributed by atoms with van der Waals surface area (Å²) < 4.78 is 12.2. The Labute approximate surface area is 190 Å². The molecule has 0 bridgehead atoms. The number of methoxy groups -OCH3 is 1. The molecule has 0 radical (unpaired) electrons. The summed E-state index contributed by atoms with van der Waals surface area (Å²) in [6.45, 7) is 2.61. The predicted molar refractivity (Wildman–Crippen MR) is 127 cm³/mol. The first-order valence-electron chi connectivity index (χ1n) is 9.98. The number of anilines is 1. The average Bonchev–Trinajstić information content (AvgIpc) is 3.24. The molecule has 0 saturated carbocycles. The van der Waals surface area contributed by atoms with E-state index in [0.717, 1.165) is 34.1 Å². The maximum atomic E-state index is 12.2. The molecule has 0 aliphatic heterocycles. The Bertz CT molecular complexity index is 1010. The van der Waals surface area contributed by atoms with E-state index in [-0.39, 0.29) is 5.91 Å². The van der Waals surface area contributed by atoms with Crippen molar-refractivity contribution in [1.29, 1.82) is 0 Å². The number of thioether (sulfide) groups is 1. The third-order valence-corrected chi connectivity index (χ3v) is 6.27. The fourth-order valence-corrected chi connectivity index (χ4v) is 4.49. The quantitative estimate of drug-likeness (QED) is 0.174. The normalized spacial score (nSPS) is 10.9. The molecule has 162 valence electrons. The van der Waals surface area contributed by atoms with Crippen LogP contribution in [-0.4, -0.2) is 29.0 Å². The van der Waals surface area contributed by atoms with E-state index < -0.39 is 0 Å². The van der Waals surface area contributed by atoms with Crippen molar-refractivity contribution in [3.05, 3.63) is 65.7 Å². The van der Waals surface area contributed by atoms with Gasteiger partial charge in [0.05, 0.1) is 7.11 Å². The molecule has 8 heteroatoms. The number of unbranched alkanes of at least 4 members (excludes halogenated alkanes) is 1. The molecule has 0 atom stereocenters. The minimum Gasteiger partial charge on any atom is -0.493 e. The second-order valence-corrected chi connectivity index (χ2v) is 8.90. The predicted octanol–water partition coefficient (Wildman–Crippen LogP) is 5.67. The van der Waals surface area contributed by atoms with Crippen molar-refractivity contribution in [2.45, 2.75) is 30.7 Å². The summed E-state index contributed by atoms with van der Waals surface area (Å²) in [5.41, 5.74) is 1.90. The number of hydrogen-bond acceptors (Lipinski definition) is 7. The largest absolute Gasteiger partial charge is 0.493 e. The highest BCUT2D eigenvalue weighted by atomic mass is 32.2. The van der Waals surface area contributed by atoms with Gasteiger partial charge in [0.25, 0.3) is 0 Å². The number of hydrogen-bond donors (Lipinski definition) is 1. The van der Waals surface area contributed by atoms with E-state index in [0.29, 0.717) is 23.2 Å². The zero-order valence-corrected chi connectivity index (χ0v) is 19.2. The van der Waals surface area contributed by atoms with Gasteiger partial charge in [-0.1, -0.05) is 72.8 Å². The molecule has 1 heterocycles. The van der Waals surface area contributed by atoms with Gasteiger partial charge in [-0.05, 0) is 35.8 Å². The molecule has 0 aliphatic rings. The lowest BCUT2D eigenvalue weighted by molar-refractivity contribution is -0.111. The van der Waals surface area contributed by atoms with E-state index >= 15 is 0 Å². The summed E-state index contributed by atoms with van der Waals surface area (Å²) in [6.07, 6.45) is 5.46. The van der Waals surface area contributed by atoms with Crippen LogP contribution in [0.1, 0.15) is 30.9 Å². The van der Waals surface area contributed by atoms with Crippen LogP contribution in [0.25, 0.3) is 6.08 Å². The topological polar surface area (TPSA) is 73.3 Å². The Kier molecular flexibility index (Phi) is 8.93. The number of ether oxygens (including phenoxy) is 2. The molecule has 1 N–H and O–H groups in total. The molecule has 0 unspecified atom stereocenters. The van der Waals surface area contributed by atoms with Gasteiger partial charge >= 0.3 is 0 Å². The molecule has 0 spiro atoms. The third kappa shape index (κ3) is 7.41. The second kappa shape index (κ2) is 12.1. The number of nitrogens with one attached hydrogen (secondary N) is 1. The Balaban J connectivity index is 1.55. The molecule has 1 amide bonds. The molecule has 1 aromatic heterocycles. The molecule has 3 aromatic rings. The standard InChI is InChI=1S/C23H25N3O3S2/c1-3-4-14-30-23-26-25-22(31-23)24-21(27)13-11-17-10-12-19(20(15-17)28-2)29-16-18-8-6-5-7-9-18/h5-13,15H,3-4,14,16H2,1-2H3,(H,24,25,27)/b13-11+.